The van der Waals surface area contributed by atoms with Crippen LogP contribution in [0.2, 0.25) is 0 Å². The molecule has 1 fully saturated rings. The number of nitrogens with one attached hydrogen (secondary N) is 1. The number of H-pyrrole nitrogens is 1. The summed E-state index contributed by atoms with van der Waals surface area (Å²) in [5.41, 5.74) is 6.07. The first kappa shape index (κ1) is 24.2. The zero-order valence-electron chi connectivity index (χ0n) is 14.9. The molecule has 0 saturated carbocycles. The van der Waals surface area contributed by atoms with Crippen LogP contribution in [-0.4, -0.2) is 77.2 Å². The van der Waals surface area contributed by atoms with E-state index in [9.17, 15) is 26.8 Å². The van der Waals surface area contributed by atoms with E-state index in [0.29, 0.717) is 0 Å². The number of anilines is 1. The topological polar surface area (TPSA) is 278 Å². The van der Waals surface area contributed by atoms with E-state index in [1.807, 2.05) is 0 Å². The van der Waals surface area contributed by atoms with Gasteiger partial charge in [0.1, 0.15) is 0 Å². The Balaban J connectivity index is 1.89. The van der Waals surface area contributed by atoms with Crippen LogP contribution < -0.4 is 10.3 Å². The van der Waals surface area contributed by atoms with Crippen molar-refractivity contribution in [3.05, 3.63) is 12.7 Å². The van der Waals surface area contributed by atoms with Crippen molar-refractivity contribution in [2.24, 2.45) is 0 Å². The van der Waals surface area contributed by atoms with E-state index in [4.69, 9.17) is 24.4 Å². The molecule has 8 N–H and O–H groups in total. The summed E-state index contributed by atoms with van der Waals surface area (Å²) in [7, 11) is -10.6. The summed E-state index contributed by atoms with van der Waals surface area (Å²) in [6.45, 7) is -1.05. The van der Waals surface area contributed by atoms with Gasteiger partial charge in [-0.05, 0) is 0 Å². The van der Waals surface area contributed by atoms with Crippen molar-refractivity contribution in [1.29, 1.82) is 0 Å². The number of fused-ring (bicyclic) bond motifs is 1. The Bertz CT molecular complexity index is 1170. The van der Waals surface area contributed by atoms with Crippen molar-refractivity contribution < 1.29 is 62.7 Å². The van der Waals surface area contributed by atoms with E-state index in [-0.39, 0.29) is 17.0 Å². The van der Waals surface area contributed by atoms with Gasteiger partial charge in [0.2, 0.25) is 0 Å². The van der Waals surface area contributed by atoms with Gasteiger partial charge in [-0.3, -0.25) is 0 Å². The molecule has 0 spiro atoms. The van der Waals surface area contributed by atoms with Crippen molar-refractivity contribution in [3.63, 3.8) is 0 Å². The van der Waals surface area contributed by atoms with Crippen LogP contribution in [-0.2, 0) is 34.2 Å². The van der Waals surface area contributed by atoms with Crippen molar-refractivity contribution in [2.45, 2.75) is 24.5 Å². The van der Waals surface area contributed by atoms with Crippen molar-refractivity contribution in [2.75, 3.05) is 12.3 Å². The molecule has 0 aliphatic carbocycles. The average Bonchev–Trinajstić information content (AvgIpc) is 3.18. The van der Waals surface area contributed by atoms with E-state index in [2.05, 4.69) is 27.6 Å². The third kappa shape index (κ3) is 5.88. The molecule has 174 valence electrons. The molecule has 3 rings (SSSR count). The van der Waals surface area contributed by atoms with Crippen LogP contribution in [0.4, 0.5) is 5.82 Å². The quantitative estimate of drug-likeness (QED) is 0.0970. The minimum atomic E-state index is -6.13. The predicted molar refractivity (Wildman–Crippen MR) is 91.5 cm³/mol. The maximum absolute atomic E-state index is 11.6. The SMILES string of the molecule is Nc1nc[n+]([C@@H]2O[C@H](COP(=O)(O)O[Se](=O)(=O)O)[C@@H](OP(=O)(O)O)[C@H]2O)c2nc[nH]c12. The Morgan fingerprint density at radius 3 is 2.58 bits per heavy atom. The van der Waals surface area contributed by atoms with Crippen LogP contribution in [0.3, 0.4) is 0 Å². The fourth-order valence-corrected chi connectivity index (χ4v) is 5.74. The van der Waals surface area contributed by atoms with Crippen LogP contribution in [0.1, 0.15) is 6.23 Å². The van der Waals surface area contributed by atoms with Gasteiger partial charge in [0.25, 0.3) is 0 Å². The molecular formula is C10H16N5O13P2Se+. The molecule has 1 saturated heterocycles. The van der Waals surface area contributed by atoms with Crippen molar-refractivity contribution in [1.82, 2.24) is 15.0 Å². The van der Waals surface area contributed by atoms with Gasteiger partial charge in [-0.2, -0.15) is 0 Å². The second-order valence-corrected chi connectivity index (χ2v) is 11.3. The molecule has 0 bridgehead atoms. The maximum atomic E-state index is 11.6. The second-order valence-electron chi connectivity index (χ2n) is 6.02. The van der Waals surface area contributed by atoms with E-state index in [1.165, 1.54) is 6.33 Å². The zero-order chi connectivity index (χ0) is 23.2. The summed E-state index contributed by atoms with van der Waals surface area (Å²) in [6.07, 6.45) is -4.36. The number of aromatic amines is 1. The van der Waals surface area contributed by atoms with Gasteiger partial charge in [0, 0.05) is 0 Å². The zero-order valence-corrected chi connectivity index (χ0v) is 18.4. The Morgan fingerprint density at radius 1 is 1.29 bits per heavy atom. The van der Waals surface area contributed by atoms with Crippen LogP contribution in [0.5, 0.6) is 0 Å². The van der Waals surface area contributed by atoms with Gasteiger partial charge in [-0.1, -0.05) is 0 Å². The van der Waals surface area contributed by atoms with Crippen LogP contribution in [0, 0.1) is 0 Å². The average molecular weight is 555 g/mol. The molecule has 1 unspecified atom stereocenters. The first-order chi connectivity index (χ1) is 14.2. The van der Waals surface area contributed by atoms with Gasteiger partial charge in [-0.25, -0.2) is 0 Å². The van der Waals surface area contributed by atoms with E-state index in [0.717, 1.165) is 10.9 Å². The monoisotopic (exact) mass is 556 g/mol. The predicted octanol–water partition coefficient (Wildman–Crippen LogP) is -3.01. The molecule has 0 amide bonds. The summed E-state index contributed by atoms with van der Waals surface area (Å²) in [6, 6.07) is 0. The number of imidazole rings is 1. The van der Waals surface area contributed by atoms with Gasteiger partial charge < -0.3 is 0 Å². The van der Waals surface area contributed by atoms with Gasteiger partial charge >= 0.3 is 173 Å². The molecule has 3 heterocycles. The molecule has 0 radical (unpaired) electrons. The van der Waals surface area contributed by atoms with Crippen LogP contribution in [0.15, 0.2) is 12.7 Å². The number of rotatable bonds is 8. The number of phosphoric ester groups is 2. The Hall–Kier alpha value is -1.43. The molecular weight excluding hydrogens is 539 g/mol. The molecule has 18 nitrogen and oxygen atoms in total. The number of nitrogens with two attached hydrogens (primary N) is 1. The number of hydrogen-bond acceptors (Lipinski definition) is 12. The number of hydrogen-bond donors (Lipinski definition) is 7. The Kier molecular flexibility index (Phi) is 6.63. The van der Waals surface area contributed by atoms with E-state index < -0.39 is 60.2 Å². The Morgan fingerprint density at radius 2 is 1.97 bits per heavy atom. The first-order valence-electron chi connectivity index (χ1n) is 7.89. The number of aliphatic hydroxyl groups is 1. The molecule has 2 aromatic heterocycles. The molecule has 1 aliphatic heterocycles. The van der Waals surface area contributed by atoms with Gasteiger partial charge in [-0.15, -0.1) is 0 Å². The number of nitrogens with zero attached hydrogens (tertiary/aromatic N) is 3. The number of ether oxygens (including phenoxy) is 1. The normalized spacial score (nSPS) is 26.9. The summed E-state index contributed by atoms with van der Waals surface area (Å²) < 4.78 is 71.9. The number of nitrogen functional groups attached to an aromatic ring is 1. The third-order valence-corrected chi connectivity index (χ3v) is 7.62. The molecule has 2 aromatic rings. The molecule has 0 aromatic carbocycles. The van der Waals surface area contributed by atoms with Crippen molar-refractivity contribution in [3.8, 4) is 0 Å². The van der Waals surface area contributed by atoms with Gasteiger partial charge in [0.15, 0.2) is 0 Å². The van der Waals surface area contributed by atoms with E-state index >= 15 is 0 Å². The minimum absolute atomic E-state index is 0.0462. The van der Waals surface area contributed by atoms with E-state index in [1.54, 1.807) is 0 Å². The molecule has 5 atom stereocenters. The fraction of sp³-hybridized carbons (Fsp3) is 0.500. The van der Waals surface area contributed by atoms with Crippen LogP contribution in [0.25, 0.3) is 11.2 Å². The summed E-state index contributed by atoms with van der Waals surface area (Å²) in [5.74, 6) is 0.0462. The second kappa shape index (κ2) is 8.49. The summed E-state index contributed by atoms with van der Waals surface area (Å²) >= 11 is -6.13. The molecule has 21 heteroatoms. The number of aliphatic hydroxyl groups excluding tert-OH is 1. The molecule has 31 heavy (non-hydrogen) atoms. The third-order valence-electron chi connectivity index (χ3n) is 3.87. The standard InChI is InChI=1S/C10H15N5O13P2Se/c11-8-5-9(13-2-12-5)15(3-14-8)10-6(16)7(27-29(17,18)19)4(26-10)1-25-30(20,21)28-31(22,23)24/h2-4,6-7,10,16H,1H2,(H6,11,12,13,17,18,19,20,21,22,23,24)/p+1/t4-,6-,7-,10-/m1/s1. The van der Waals surface area contributed by atoms with Crippen LogP contribution >= 0.6 is 15.6 Å². The fourth-order valence-electron chi connectivity index (χ4n) is 2.78. The first-order valence-corrected chi connectivity index (χ1v) is 13.8. The summed E-state index contributed by atoms with van der Waals surface area (Å²) in [4.78, 5) is 38.1. The number of aromatic nitrogens is 4. The Labute approximate surface area is 173 Å². The van der Waals surface area contributed by atoms with Gasteiger partial charge in [0.05, 0.1) is 0 Å². The summed E-state index contributed by atoms with van der Waals surface area (Å²) in [5, 5.41) is 10.6. The molecule has 1 aliphatic rings. The van der Waals surface area contributed by atoms with Crippen molar-refractivity contribution >= 4 is 46.0 Å². The number of phosphoric acid groups is 2.